The first-order chi connectivity index (χ1) is 9.63. The van der Waals surface area contributed by atoms with Gasteiger partial charge in [0.1, 0.15) is 6.54 Å². The van der Waals surface area contributed by atoms with E-state index in [1.165, 1.54) is 12.0 Å². The van der Waals surface area contributed by atoms with E-state index in [4.69, 9.17) is 9.84 Å². The van der Waals surface area contributed by atoms with Crippen molar-refractivity contribution in [3.05, 3.63) is 11.8 Å². The van der Waals surface area contributed by atoms with Crippen LogP contribution in [-0.2, 0) is 4.79 Å². The van der Waals surface area contributed by atoms with Crippen LogP contribution in [0.5, 0.6) is 5.88 Å². The van der Waals surface area contributed by atoms with Gasteiger partial charge >= 0.3 is 12.0 Å². The number of methoxy groups -OCH3 is 1. The van der Waals surface area contributed by atoms with Crippen LogP contribution in [0.4, 0.5) is 10.7 Å². The average molecular weight is 296 g/mol. The molecule has 0 saturated heterocycles. The van der Waals surface area contributed by atoms with Crippen LogP contribution in [0, 0.1) is 6.92 Å². The number of aromatic nitrogens is 2. The molecule has 8 heteroatoms. The van der Waals surface area contributed by atoms with Gasteiger partial charge in [0.2, 0.25) is 11.8 Å². The smallest absolute Gasteiger partial charge is 0.325 e. The van der Waals surface area contributed by atoms with Crippen molar-refractivity contribution in [1.29, 1.82) is 0 Å². The first-order valence-corrected chi connectivity index (χ1v) is 6.33. The Morgan fingerprint density at radius 2 is 2.00 bits per heavy atom. The Morgan fingerprint density at radius 1 is 1.38 bits per heavy atom. The number of aliphatic carboxylic acids is 1. The van der Waals surface area contributed by atoms with Gasteiger partial charge in [-0.1, -0.05) is 0 Å². The number of nitrogens with one attached hydrogen (secondary N) is 1. The van der Waals surface area contributed by atoms with Gasteiger partial charge < -0.3 is 14.7 Å². The largest absolute Gasteiger partial charge is 0.481 e. The summed E-state index contributed by atoms with van der Waals surface area (Å²) in [5, 5.41) is 11.4. The van der Waals surface area contributed by atoms with Gasteiger partial charge in [-0.3, -0.25) is 10.1 Å². The molecule has 1 aromatic heterocycles. The fraction of sp³-hybridized carbons (Fsp3) is 0.538. The second-order valence-electron chi connectivity index (χ2n) is 5.46. The number of rotatable bonds is 4. The number of hydrogen-bond donors (Lipinski definition) is 2. The highest BCUT2D eigenvalue weighted by Gasteiger charge is 2.29. The molecule has 0 aliphatic heterocycles. The van der Waals surface area contributed by atoms with E-state index < -0.39 is 24.1 Å². The number of hydrogen-bond acceptors (Lipinski definition) is 5. The molecule has 0 atom stereocenters. The molecule has 0 unspecified atom stereocenters. The third-order valence-corrected chi connectivity index (χ3v) is 2.61. The molecular weight excluding hydrogens is 276 g/mol. The quantitative estimate of drug-likeness (QED) is 0.872. The van der Waals surface area contributed by atoms with Crippen molar-refractivity contribution >= 4 is 17.9 Å². The molecular formula is C13H20N4O4. The van der Waals surface area contributed by atoms with E-state index in [0.29, 0.717) is 11.6 Å². The summed E-state index contributed by atoms with van der Waals surface area (Å²) in [6.45, 7) is 6.55. The summed E-state index contributed by atoms with van der Waals surface area (Å²) in [5.74, 6) is -0.711. The number of urea groups is 1. The lowest BCUT2D eigenvalue weighted by atomic mass is 10.1. The number of anilines is 1. The van der Waals surface area contributed by atoms with Crippen LogP contribution < -0.4 is 10.1 Å². The highest BCUT2D eigenvalue weighted by atomic mass is 16.5. The van der Waals surface area contributed by atoms with E-state index in [0.717, 1.165) is 0 Å². The molecule has 0 radical (unpaired) electrons. The molecule has 0 aliphatic carbocycles. The number of carbonyl (C=O) groups is 2. The minimum Gasteiger partial charge on any atom is -0.481 e. The number of aryl methyl sites for hydroxylation is 1. The van der Waals surface area contributed by atoms with Gasteiger partial charge in [0, 0.05) is 17.3 Å². The molecule has 8 nitrogen and oxygen atoms in total. The van der Waals surface area contributed by atoms with Crippen molar-refractivity contribution in [3.63, 3.8) is 0 Å². The summed E-state index contributed by atoms with van der Waals surface area (Å²) in [6, 6.07) is 1.03. The molecule has 21 heavy (non-hydrogen) atoms. The standard InChI is InChI=1S/C13H20N4O4/c1-8-6-9(21-5)15-11(14-8)16-12(20)17(7-10(18)19)13(2,3)4/h6H,7H2,1-5H3,(H,18,19)(H,14,15,16,20). The van der Waals surface area contributed by atoms with Crippen molar-refractivity contribution in [1.82, 2.24) is 14.9 Å². The van der Waals surface area contributed by atoms with Crippen LogP contribution in [0.2, 0.25) is 0 Å². The maximum atomic E-state index is 12.2. The van der Waals surface area contributed by atoms with Crippen molar-refractivity contribution in [2.45, 2.75) is 33.2 Å². The van der Waals surface area contributed by atoms with Crippen LogP contribution in [0.25, 0.3) is 0 Å². The zero-order valence-corrected chi connectivity index (χ0v) is 12.8. The maximum absolute atomic E-state index is 12.2. The summed E-state index contributed by atoms with van der Waals surface area (Å²) in [6.07, 6.45) is 0. The SMILES string of the molecule is COc1cc(C)nc(NC(=O)N(CC(=O)O)C(C)(C)C)n1. The van der Waals surface area contributed by atoms with E-state index in [2.05, 4.69) is 15.3 Å². The Morgan fingerprint density at radius 3 is 2.48 bits per heavy atom. The molecule has 0 spiro atoms. The van der Waals surface area contributed by atoms with Gasteiger partial charge in [0.25, 0.3) is 0 Å². The molecule has 0 aromatic carbocycles. The average Bonchev–Trinajstić information content (AvgIpc) is 2.33. The number of carboxylic acids is 1. The molecule has 1 rings (SSSR count). The van der Waals surface area contributed by atoms with E-state index >= 15 is 0 Å². The molecule has 0 bridgehead atoms. The third-order valence-electron chi connectivity index (χ3n) is 2.61. The van der Waals surface area contributed by atoms with Gasteiger partial charge in [-0.2, -0.15) is 4.98 Å². The molecule has 0 fully saturated rings. The van der Waals surface area contributed by atoms with Crippen LogP contribution in [0.1, 0.15) is 26.5 Å². The van der Waals surface area contributed by atoms with Crippen LogP contribution in [0.3, 0.4) is 0 Å². The van der Waals surface area contributed by atoms with Gasteiger partial charge in [0.05, 0.1) is 7.11 Å². The van der Waals surface area contributed by atoms with Gasteiger partial charge in [-0.05, 0) is 27.7 Å². The van der Waals surface area contributed by atoms with Crippen molar-refractivity contribution in [3.8, 4) is 5.88 Å². The minimum absolute atomic E-state index is 0.0662. The molecule has 0 saturated carbocycles. The van der Waals surface area contributed by atoms with Crippen molar-refractivity contribution in [2.24, 2.45) is 0 Å². The predicted molar refractivity (Wildman–Crippen MR) is 76.4 cm³/mol. The van der Waals surface area contributed by atoms with Crippen LogP contribution >= 0.6 is 0 Å². The lowest BCUT2D eigenvalue weighted by Gasteiger charge is -2.34. The number of carboxylic acid groups (broad SMARTS) is 1. The topological polar surface area (TPSA) is 105 Å². The van der Waals surface area contributed by atoms with Crippen LogP contribution in [0.15, 0.2) is 6.07 Å². The molecule has 0 aliphatic rings. The summed E-state index contributed by atoms with van der Waals surface area (Å²) in [7, 11) is 1.46. The van der Waals surface area contributed by atoms with Gasteiger partial charge in [-0.15, -0.1) is 0 Å². The van der Waals surface area contributed by atoms with E-state index in [1.54, 1.807) is 33.8 Å². The van der Waals surface area contributed by atoms with E-state index in [9.17, 15) is 9.59 Å². The first kappa shape index (κ1) is 16.7. The maximum Gasteiger partial charge on any atom is 0.325 e. The first-order valence-electron chi connectivity index (χ1n) is 6.33. The van der Waals surface area contributed by atoms with E-state index in [1.807, 2.05) is 0 Å². The lowest BCUT2D eigenvalue weighted by molar-refractivity contribution is -0.138. The molecule has 1 aromatic rings. The Kier molecular flexibility index (Phi) is 5.07. The predicted octanol–water partition coefficient (Wildman–Crippen LogP) is 1.51. The summed E-state index contributed by atoms with van der Waals surface area (Å²) in [5.41, 5.74) is -0.0335. The second-order valence-corrected chi connectivity index (χ2v) is 5.46. The zero-order chi connectivity index (χ0) is 16.2. The number of carbonyl (C=O) groups excluding carboxylic acids is 1. The fourth-order valence-electron chi connectivity index (χ4n) is 1.61. The monoisotopic (exact) mass is 296 g/mol. The number of ether oxygens (including phenoxy) is 1. The zero-order valence-electron chi connectivity index (χ0n) is 12.8. The Balaban J connectivity index is 2.96. The Hall–Kier alpha value is -2.38. The normalized spacial score (nSPS) is 10.9. The van der Waals surface area contributed by atoms with Crippen molar-refractivity contribution in [2.75, 3.05) is 19.0 Å². The Bertz CT molecular complexity index is 539. The highest BCUT2D eigenvalue weighted by molar-refractivity contribution is 5.90. The lowest BCUT2D eigenvalue weighted by Crippen LogP contribution is -2.50. The molecule has 2 amide bonds. The van der Waals surface area contributed by atoms with Gasteiger partial charge in [0.15, 0.2) is 0 Å². The fourth-order valence-corrected chi connectivity index (χ4v) is 1.61. The van der Waals surface area contributed by atoms with Crippen LogP contribution in [-0.4, -0.2) is 51.2 Å². The van der Waals surface area contributed by atoms with Gasteiger partial charge in [-0.25, -0.2) is 9.78 Å². The second kappa shape index (κ2) is 6.38. The Labute approximate surface area is 123 Å². The molecule has 2 N–H and O–H groups in total. The number of amides is 2. The third kappa shape index (κ3) is 4.90. The summed E-state index contributed by atoms with van der Waals surface area (Å²) in [4.78, 5) is 32.4. The number of nitrogens with zero attached hydrogens (tertiary/aromatic N) is 3. The molecule has 116 valence electrons. The molecule has 1 heterocycles. The minimum atomic E-state index is -1.09. The summed E-state index contributed by atoms with van der Waals surface area (Å²) >= 11 is 0. The summed E-state index contributed by atoms with van der Waals surface area (Å²) < 4.78 is 5.00. The van der Waals surface area contributed by atoms with E-state index in [-0.39, 0.29) is 5.95 Å². The van der Waals surface area contributed by atoms with Crippen molar-refractivity contribution < 1.29 is 19.4 Å². The highest BCUT2D eigenvalue weighted by Crippen LogP contribution is 2.16.